The molecule has 0 aromatic rings. The van der Waals surface area contributed by atoms with Crippen LogP contribution in [0.15, 0.2) is 23.8 Å². The number of ether oxygens (including phenoxy) is 1. The summed E-state index contributed by atoms with van der Waals surface area (Å²) in [6.45, 7) is 16.3. The maximum Gasteiger partial charge on any atom is 0.302 e. The molecule has 9 atom stereocenters. The first-order valence-corrected chi connectivity index (χ1v) is 13.6. The number of carbonyl (C=O) groups is 1. The van der Waals surface area contributed by atoms with Gasteiger partial charge in [0.05, 0.1) is 0 Å². The molecule has 0 aromatic heterocycles. The third-order valence-electron chi connectivity index (χ3n) is 10.8. The van der Waals surface area contributed by atoms with Crippen molar-refractivity contribution in [2.75, 3.05) is 0 Å². The van der Waals surface area contributed by atoms with Gasteiger partial charge in [-0.05, 0) is 104 Å². The molecule has 0 bridgehead atoms. The van der Waals surface area contributed by atoms with Crippen LogP contribution in [-0.4, -0.2) is 12.1 Å². The zero-order valence-electron chi connectivity index (χ0n) is 21.8. The number of fused-ring (bicyclic) bond motifs is 5. The van der Waals surface area contributed by atoms with Crippen molar-refractivity contribution in [3.8, 4) is 0 Å². The van der Waals surface area contributed by atoms with E-state index >= 15 is 0 Å². The van der Waals surface area contributed by atoms with Crippen LogP contribution in [0.1, 0.15) is 99.8 Å². The predicted octanol–water partition coefficient (Wildman–Crippen LogP) is 7.98. The summed E-state index contributed by atoms with van der Waals surface area (Å²) in [5, 5.41) is 0. The predicted molar refractivity (Wildman–Crippen MR) is 133 cm³/mol. The molecule has 2 nitrogen and oxygen atoms in total. The molecule has 2 heteroatoms. The van der Waals surface area contributed by atoms with Crippen molar-refractivity contribution in [1.82, 2.24) is 0 Å². The van der Waals surface area contributed by atoms with Gasteiger partial charge in [-0.1, -0.05) is 65.3 Å². The van der Waals surface area contributed by atoms with Gasteiger partial charge in [0.25, 0.3) is 0 Å². The van der Waals surface area contributed by atoms with E-state index in [9.17, 15) is 4.79 Å². The first-order chi connectivity index (χ1) is 15.1. The van der Waals surface area contributed by atoms with Crippen LogP contribution in [0.25, 0.3) is 0 Å². The summed E-state index contributed by atoms with van der Waals surface area (Å²) in [6, 6.07) is 0. The van der Waals surface area contributed by atoms with E-state index in [1.165, 1.54) is 38.5 Å². The molecule has 0 spiro atoms. The number of carbonyl (C=O) groups excluding carboxylic acids is 1. The smallest absolute Gasteiger partial charge is 0.302 e. The minimum absolute atomic E-state index is 0.109. The molecule has 0 heterocycles. The lowest BCUT2D eigenvalue weighted by atomic mass is 9.47. The highest BCUT2D eigenvalue weighted by atomic mass is 16.5. The van der Waals surface area contributed by atoms with Crippen molar-refractivity contribution in [2.24, 2.45) is 52.3 Å². The van der Waals surface area contributed by atoms with Gasteiger partial charge in [-0.3, -0.25) is 4.79 Å². The summed E-state index contributed by atoms with van der Waals surface area (Å²) >= 11 is 0. The number of hydrogen-bond donors (Lipinski definition) is 0. The fourth-order valence-corrected chi connectivity index (χ4v) is 8.43. The standard InChI is InChI=1S/C30H48O2/c1-19(2)20(3)8-9-21(4)26-12-13-27-25-11-10-23-18-24(32-22(5)31)14-16-29(23,6)28(25)15-17-30(26,27)7/h8-9,11,19-21,23-24,26-28H,10,12-18H2,1-7H3/b9-8+/t20-,21+,23?,24-,26+,27-,28-,29-,30+/m0/s1. The van der Waals surface area contributed by atoms with Crippen LogP contribution in [0, 0.1) is 52.3 Å². The molecule has 4 aliphatic carbocycles. The van der Waals surface area contributed by atoms with Crippen LogP contribution in [0.3, 0.4) is 0 Å². The van der Waals surface area contributed by atoms with E-state index < -0.39 is 0 Å². The normalized spacial score (nSPS) is 43.2. The second kappa shape index (κ2) is 8.95. The molecule has 0 radical (unpaired) electrons. The van der Waals surface area contributed by atoms with Crippen molar-refractivity contribution in [3.05, 3.63) is 23.8 Å². The van der Waals surface area contributed by atoms with E-state index in [2.05, 4.69) is 59.8 Å². The Balaban J connectivity index is 1.51. The van der Waals surface area contributed by atoms with Crippen LogP contribution in [0.5, 0.6) is 0 Å². The third kappa shape index (κ3) is 4.14. The highest BCUT2D eigenvalue weighted by molar-refractivity contribution is 5.66. The second-order valence-corrected chi connectivity index (χ2v) is 12.8. The van der Waals surface area contributed by atoms with Gasteiger partial charge in [-0.2, -0.15) is 0 Å². The van der Waals surface area contributed by atoms with Gasteiger partial charge < -0.3 is 4.74 Å². The van der Waals surface area contributed by atoms with Crippen molar-refractivity contribution >= 4 is 5.97 Å². The zero-order chi connectivity index (χ0) is 23.3. The zero-order valence-corrected chi connectivity index (χ0v) is 21.8. The van der Waals surface area contributed by atoms with Crippen LogP contribution < -0.4 is 0 Å². The Bertz CT molecular complexity index is 763. The summed E-state index contributed by atoms with van der Waals surface area (Å²) in [6.07, 6.45) is 17.9. The van der Waals surface area contributed by atoms with E-state index in [1.54, 1.807) is 6.92 Å². The van der Waals surface area contributed by atoms with Crippen LogP contribution in [0.2, 0.25) is 0 Å². The van der Waals surface area contributed by atoms with E-state index in [0.29, 0.717) is 28.6 Å². The van der Waals surface area contributed by atoms with E-state index in [-0.39, 0.29) is 12.1 Å². The Morgan fingerprint density at radius 3 is 2.38 bits per heavy atom. The minimum Gasteiger partial charge on any atom is -0.463 e. The first-order valence-electron chi connectivity index (χ1n) is 13.6. The molecular formula is C30H48O2. The van der Waals surface area contributed by atoms with Crippen LogP contribution in [0.4, 0.5) is 0 Å². The van der Waals surface area contributed by atoms with Gasteiger partial charge in [0.2, 0.25) is 0 Å². The SMILES string of the molecule is CC(=O)O[C@H]1CC[C@@]2(C)C(CC=C3[C@@H]4CC[C@H]([C@H](C)/C=C/[C@H](C)C(C)C)[C@@]4(C)CC[C@@H]32)C1. The summed E-state index contributed by atoms with van der Waals surface area (Å²) in [7, 11) is 0. The third-order valence-corrected chi connectivity index (χ3v) is 10.8. The van der Waals surface area contributed by atoms with Gasteiger partial charge in [-0.25, -0.2) is 0 Å². The van der Waals surface area contributed by atoms with E-state index in [1.807, 2.05) is 5.57 Å². The summed E-state index contributed by atoms with van der Waals surface area (Å²) in [5.41, 5.74) is 2.70. The highest BCUT2D eigenvalue weighted by Crippen LogP contribution is 2.66. The molecule has 1 unspecified atom stereocenters. The van der Waals surface area contributed by atoms with Gasteiger partial charge >= 0.3 is 5.97 Å². The molecule has 3 saturated carbocycles. The fourth-order valence-electron chi connectivity index (χ4n) is 8.43. The largest absolute Gasteiger partial charge is 0.463 e. The second-order valence-electron chi connectivity index (χ2n) is 12.8. The molecule has 0 N–H and O–H groups in total. The lowest BCUT2D eigenvalue weighted by molar-refractivity contribution is -0.152. The number of esters is 1. The summed E-state index contributed by atoms with van der Waals surface area (Å²) in [4.78, 5) is 11.5. The molecule has 4 aliphatic rings. The Morgan fingerprint density at radius 1 is 1.00 bits per heavy atom. The molecule has 0 aliphatic heterocycles. The minimum atomic E-state index is -0.109. The van der Waals surface area contributed by atoms with Gasteiger partial charge in [0, 0.05) is 6.92 Å². The van der Waals surface area contributed by atoms with Crippen LogP contribution >= 0.6 is 0 Å². The molecule has 0 saturated heterocycles. The Morgan fingerprint density at radius 2 is 1.69 bits per heavy atom. The van der Waals surface area contributed by atoms with Gasteiger partial charge in [0.15, 0.2) is 0 Å². The monoisotopic (exact) mass is 440 g/mol. The van der Waals surface area contributed by atoms with Crippen molar-refractivity contribution in [1.29, 1.82) is 0 Å². The van der Waals surface area contributed by atoms with Gasteiger partial charge in [-0.15, -0.1) is 0 Å². The lowest BCUT2D eigenvalue weighted by Gasteiger charge is -2.58. The molecular weight excluding hydrogens is 392 g/mol. The summed E-state index contributed by atoms with van der Waals surface area (Å²) in [5.74, 6) is 4.98. The number of allylic oxidation sites excluding steroid dienone is 4. The lowest BCUT2D eigenvalue weighted by Crippen LogP contribution is -2.50. The molecule has 4 rings (SSSR count). The maximum atomic E-state index is 11.5. The van der Waals surface area contributed by atoms with Crippen molar-refractivity contribution in [3.63, 3.8) is 0 Å². The fraction of sp³-hybridized carbons (Fsp3) is 0.833. The molecule has 0 amide bonds. The topological polar surface area (TPSA) is 26.3 Å². The maximum absolute atomic E-state index is 11.5. The highest BCUT2D eigenvalue weighted by Gasteiger charge is 2.58. The molecule has 3 fully saturated rings. The van der Waals surface area contributed by atoms with Crippen molar-refractivity contribution in [2.45, 2.75) is 106 Å². The van der Waals surface area contributed by atoms with Gasteiger partial charge in [0.1, 0.15) is 6.10 Å². The molecule has 0 aromatic carbocycles. The number of rotatable bonds is 5. The Labute approximate surface area is 197 Å². The Hall–Kier alpha value is -1.05. The summed E-state index contributed by atoms with van der Waals surface area (Å²) < 4.78 is 5.64. The molecule has 180 valence electrons. The van der Waals surface area contributed by atoms with Crippen LogP contribution in [-0.2, 0) is 9.53 Å². The Kier molecular flexibility index (Phi) is 6.74. The number of hydrogen-bond acceptors (Lipinski definition) is 2. The first kappa shape index (κ1) is 24.1. The molecule has 32 heavy (non-hydrogen) atoms. The van der Waals surface area contributed by atoms with E-state index in [4.69, 9.17) is 4.74 Å². The quantitative estimate of drug-likeness (QED) is 0.320. The van der Waals surface area contributed by atoms with Crippen molar-refractivity contribution < 1.29 is 9.53 Å². The average molecular weight is 441 g/mol. The average Bonchev–Trinajstić information content (AvgIpc) is 3.08. The van der Waals surface area contributed by atoms with E-state index in [0.717, 1.165) is 36.5 Å².